The normalized spacial score (nSPS) is 17.9. The number of rotatable bonds is 7. The molecule has 3 aromatic heterocycles. The zero-order valence-electron chi connectivity index (χ0n) is 18.3. The molecule has 33 heavy (non-hydrogen) atoms. The van der Waals surface area contributed by atoms with Crippen molar-refractivity contribution in [2.75, 3.05) is 23.9 Å². The van der Waals surface area contributed by atoms with Gasteiger partial charge in [-0.05, 0) is 48.4 Å². The number of aromatic nitrogens is 3. The lowest BCUT2D eigenvalue weighted by molar-refractivity contribution is 0.0946. The van der Waals surface area contributed by atoms with E-state index in [0.717, 1.165) is 29.9 Å². The summed E-state index contributed by atoms with van der Waals surface area (Å²) >= 11 is 1.44. The third kappa shape index (κ3) is 4.53. The maximum absolute atomic E-state index is 13.0. The summed E-state index contributed by atoms with van der Waals surface area (Å²) < 4.78 is 7.70. The van der Waals surface area contributed by atoms with Gasteiger partial charge in [-0.15, -0.1) is 11.3 Å². The number of anilines is 2. The smallest absolute Gasteiger partial charge is 0.274 e. The largest absolute Gasteiger partial charge is 0.379 e. The van der Waals surface area contributed by atoms with Crippen molar-refractivity contribution in [2.45, 2.75) is 25.1 Å². The number of hydrogen-bond acceptors (Lipinski definition) is 6. The molecule has 1 amide bonds. The first-order valence-corrected chi connectivity index (χ1v) is 11.8. The molecule has 0 saturated carbocycles. The molecule has 0 unspecified atom stereocenters. The molecule has 4 heterocycles. The first-order valence-electron chi connectivity index (χ1n) is 10.9. The number of para-hydroxylation sites is 1. The fourth-order valence-corrected chi connectivity index (χ4v) is 5.09. The monoisotopic (exact) mass is 459 g/mol. The van der Waals surface area contributed by atoms with Crippen LogP contribution in [0.15, 0.2) is 78.6 Å². The first-order chi connectivity index (χ1) is 16.2. The van der Waals surface area contributed by atoms with Crippen LogP contribution in [0.1, 0.15) is 34.2 Å². The molecule has 8 heteroatoms. The lowest BCUT2D eigenvalue weighted by atomic mass is 10.1. The van der Waals surface area contributed by atoms with Gasteiger partial charge < -0.3 is 14.2 Å². The molecule has 0 radical (unpaired) electrons. The number of hydrogen-bond donors (Lipinski definition) is 1. The van der Waals surface area contributed by atoms with E-state index < -0.39 is 0 Å². The number of ether oxygens (including phenoxy) is 1. The zero-order valence-corrected chi connectivity index (χ0v) is 19.1. The first kappa shape index (κ1) is 21.4. The number of methoxy groups -OCH3 is 1. The second-order valence-electron chi connectivity index (χ2n) is 7.95. The predicted molar refractivity (Wildman–Crippen MR) is 130 cm³/mol. The molecule has 1 fully saturated rings. The van der Waals surface area contributed by atoms with Gasteiger partial charge in [0.15, 0.2) is 5.13 Å². The number of benzene rings is 1. The second-order valence-corrected chi connectivity index (χ2v) is 8.80. The highest BCUT2D eigenvalue weighted by Crippen LogP contribution is 2.38. The van der Waals surface area contributed by atoms with Crippen LogP contribution in [-0.4, -0.2) is 40.2 Å². The summed E-state index contributed by atoms with van der Waals surface area (Å²) in [5, 5.41) is 5.58. The van der Waals surface area contributed by atoms with E-state index in [2.05, 4.69) is 27.3 Å². The molecule has 0 aliphatic carbocycles. The maximum atomic E-state index is 13.0. The molecule has 1 N–H and O–H groups in total. The molecule has 1 aliphatic rings. The van der Waals surface area contributed by atoms with Crippen LogP contribution < -0.4 is 10.2 Å². The molecule has 0 spiro atoms. The van der Waals surface area contributed by atoms with Gasteiger partial charge in [-0.1, -0.05) is 18.2 Å². The molecule has 2 atom stereocenters. The Labute approximate surface area is 196 Å². The van der Waals surface area contributed by atoms with Crippen molar-refractivity contribution < 1.29 is 9.53 Å². The van der Waals surface area contributed by atoms with Crippen LogP contribution in [-0.2, 0) is 11.3 Å². The molecule has 1 saturated heterocycles. The fraction of sp³-hybridized carbons (Fsp3) is 0.240. The molecule has 4 aromatic rings. The van der Waals surface area contributed by atoms with E-state index in [1.54, 1.807) is 19.5 Å². The van der Waals surface area contributed by atoms with Crippen LogP contribution in [0, 0.1) is 0 Å². The average Bonchev–Trinajstić information content (AvgIpc) is 3.59. The van der Waals surface area contributed by atoms with Gasteiger partial charge in [0, 0.05) is 49.9 Å². The molecule has 7 nitrogen and oxygen atoms in total. The van der Waals surface area contributed by atoms with Crippen LogP contribution in [0.3, 0.4) is 0 Å². The van der Waals surface area contributed by atoms with Gasteiger partial charge in [0.1, 0.15) is 5.69 Å². The van der Waals surface area contributed by atoms with Crippen molar-refractivity contribution in [2.24, 2.45) is 0 Å². The quantitative estimate of drug-likeness (QED) is 0.437. The number of thiazole rings is 1. The summed E-state index contributed by atoms with van der Waals surface area (Å²) in [6.07, 6.45) is 6.39. The van der Waals surface area contributed by atoms with Crippen LogP contribution >= 0.6 is 11.3 Å². The second kappa shape index (κ2) is 9.56. The van der Waals surface area contributed by atoms with Crippen molar-refractivity contribution in [3.05, 3.63) is 95.5 Å². The molecular formula is C25H25N5O2S. The number of amides is 1. The summed E-state index contributed by atoms with van der Waals surface area (Å²) in [4.78, 5) is 24.2. The van der Waals surface area contributed by atoms with E-state index in [9.17, 15) is 4.79 Å². The summed E-state index contributed by atoms with van der Waals surface area (Å²) in [5.74, 6) is -0.176. The van der Waals surface area contributed by atoms with Crippen LogP contribution in [0.25, 0.3) is 0 Å². The van der Waals surface area contributed by atoms with Crippen LogP contribution in [0.2, 0.25) is 0 Å². The molecule has 0 bridgehead atoms. The fourth-order valence-electron chi connectivity index (χ4n) is 4.35. The summed E-state index contributed by atoms with van der Waals surface area (Å²) in [6.45, 7) is 1.50. The Morgan fingerprint density at radius 1 is 1.15 bits per heavy atom. The highest BCUT2D eigenvalue weighted by atomic mass is 32.1. The molecular weight excluding hydrogens is 434 g/mol. The van der Waals surface area contributed by atoms with Gasteiger partial charge in [0.05, 0.1) is 17.8 Å². The molecule has 168 valence electrons. The molecule has 5 rings (SSSR count). The highest BCUT2D eigenvalue weighted by molar-refractivity contribution is 7.14. The van der Waals surface area contributed by atoms with Crippen LogP contribution in [0.4, 0.5) is 10.8 Å². The highest BCUT2D eigenvalue weighted by Gasteiger charge is 2.37. The molecule has 1 aliphatic heterocycles. The van der Waals surface area contributed by atoms with Gasteiger partial charge in [0.2, 0.25) is 0 Å². The van der Waals surface area contributed by atoms with Gasteiger partial charge in [0.25, 0.3) is 5.91 Å². The summed E-state index contributed by atoms with van der Waals surface area (Å²) in [7, 11) is 1.75. The lowest BCUT2D eigenvalue weighted by Crippen LogP contribution is -2.28. The van der Waals surface area contributed by atoms with Gasteiger partial charge in [-0.2, -0.15) is 0 Å². The minimum absolute atomic E-state index is 0.00912. The Balaban J connectivity index is 1.33. The van der Waals surface area contributed by atoms with E-state index in [1.807, 2.05) is 58.6 Å². The minimum atomic E-state index is -0.176. The number of carbonyl (C=O) groups is 1. The number of pyridine rings is 1. The number of nitrogens with zero attached hydrogens (tertiary/aromatic N) is 4. The van der Waals surface area contributed by atoms with Crippen molar-refractivity contribution in [3.63, 3.8) is 0 Å². The predicted octanol–water partition coefficient (Wildman–Crippen LogP) is 4.61. The van der Waals surface area contributed by atoms with E-state index in [4.69, 9.17) is 9.72 Å². The zero-order chi connectivity index (χ0) is 22.6. The van der Waals surface area contributed by atoms with Gasteiger partial charge in [-0.3, -0.25) is 15.1 Å². The topological polar surface area (TPSA) is 72.3 Å². The Morgan fingerprint density at radius 3 is 2.76 bits per heavy atom. The van der Waals surface area contributed by atoms with E-state index in [0.29, 0.717) is 17.4 Å². The Hall–Kier alpha value is -3.49. The van der Waals surface area contributed by atoms with Crippen molar-refractivity contribution in [1.82, 2.24) is 14.5 Å². The third-order valence-corrected chi connectivity index (χ3v) is 6.72. The maximum Gasteiger partial charge on any atom is 0.274 e. The van der Waals surface area contributed by atoms with Crippen molar-refractivity contribution >= 4 is 28.1 Å². The van der Waals surface area contributed by atoms with E-state index >= 15 is 0 Å². The van der Waals surface area contributed by atoms with Crippen molar-refractivity contribution in [1.29, 1.82) is 0 Å². The molecule has 1 aromatic carbocycles. The third-order valence-electron chi connectivity index (χ3n) is 5.94. The Morgan fingerprint density at radius 2 is 1.97 bits per heavy atom. The number of nitrogens with one attached hydrogen (secondary N) is 1. The van der Waals surface area contributed by atoms with Gasteiger partial charge in [-0.25, -0.2) is 4.98 Å². The number of carbonyl (C=O) groups excluding carboxylic acids is 1. The van der Waals surface area contributed by atoms with Crippen molar-refractivity contribution in [3.8, 4) is 0 Å². The summed E-state index contributed by atoms with van der Waals surface area (Å²) in [6, 6.07) is 17.9. The standard InChI is InChI=1S/C25H25N5O2S/c1-32-22-11-15-30(19-6-3-2-4-7-19)23(22)20-17-33-25(27-20)28-24(31)21-8-5-14-29(21)16-18-9-12-26-13-10-18/h2-10,12-14,17,22-23H,11,15-16H2,1H3,(H,27,28,31)/t22-,23-/m0/s1. The Kier molecular flexibility index (Phi) is 6.19. The lowest BCUT2D eigenvalue weighted by Gasteiger charge is -2.28. The average molecular weight is 460 g/mol. The Bertz CT molecular complexity index is 1210. The van der Waals surface area contributed by atoms with Crippen LogP contribution in [0.5, 0.6) is 0 Å². The van der Waals surface area contributed by atoms with E-state index in [-0.39, 0.29) is 18.1 Å². The SMILES string of the molecule is CO[C@H]1CCN(c2ccccc2)[C@H]1c1csc(NC(=O)c2cccn2Cc2ccncc2)n1. The van der Waals surface area contributed by atoms with Gasteiger partial charge >= 0.3 is 0 Å². The summed E-state index contributed by atoms with van der Waals surface area (Å²) in [5.41, 5.74) is 3.73. The van der Waals surface area contributed by atoms with E-state index in [1.165, 1.54) is 11.3 Å². The minimum Gasteiger partial charge on any atom is -0.379 e.